The molecule has 1 saturated heterocycles. The van der Waals surface area contributed by atoms with E-state index in [-0.39, 0.29) is 15.7 Å². The van der Waals surface area contributed by atoms with Gasteiger partial charge >= 0.3 is 0 Å². The number of carbonyl (C=O) groups excluding carboxylic acids is 3. The van der Waals surface area contributed by atoms with Crippen LogP contribution >= 0.6 is 23.8 Å². The van der Waals surface area contributed by atoms with Gasteiger partial charge in [0.25, 0.3) is 11.8 Å². The topological polar surface area (TPSA) is 69.7 Å². The molecule has 1 fully saturated rings. The van der Waals surface area contributed by atoms with E-state index >= 15 is 0 Å². The Labute approximate surface area is 153 Å². The summed E-state index contributed by atoms with van der Waals surface area (Å²) in [6.45, 7) is 0. The summed E-state index contributed by atoms with van der Waals surface area (Å²) < 4.78 is 0. The van der Waals surface area contributed by atoms with Gasteiger partial charge in [-0.05, 0) is 36.5 Å². The molecule has 0 aliphatic carbocycles. The third kappa shape index (κ3) is 3.38. The van der Waals surface area contributed by atoms with E-state index in [2.05, 4.69) is 5.43 Å². The number of para-hydroxylation sites is 1. The van der Waals surface area contributed by atoms with Gasteiger partial charge in [0.05, 0.1) is 16.3 Å². The Kier molecular flexibility index (Phi) is 4.78. The van der Waals surface area contributed by atoms with Gasteiger partial charge in [-0.3, -0.25) is 24.7 Å². The van der Waals surface area contributed by atoms with Crippen molar-refractivity contribution in [1.82, 2.24) is 10.4 Å². The molecule has 1 N–H and O–H groups in total. The van der Waals surface area contributed by atoms with Crippen molar-refractivity contribution in [3.8, 4) is 0 Å². The second-order valence-corrected chi connectivity index (χ2v) is 5.95. The van der Waals surface area contributed by atoms with Crippen molar-refractivity contribution < 1.29 is 14.4 Å². The van der Waals surface area contributed by atoms with E-state index in [9.17, 15) is 14.4 Å². The number of nitrogens with one attached hydrogen (secondary N) is 1. The molecule has 8 heteroatoms. The summed E-state index contributed by atoms with van der Waals surface area (Å²) in [5, 5.41) is 1.02. The minimum absolute atomic E-state index is 0.118. The fraction of sp³-hybridized carbons (Fsp3) is 0.0588. The van der Waals surface area contributed by atoms with E-state index in [1.165, 1.54) is 11.0 Å². The van der Waals surface area contributed by atoms with Crippen molar-refractivity contribution in [2.24, 2.45) is 0 Å². The Balaban J connectivity index is 1.87. The van der Waals surface area contributed by atoms with Crippen LogP contribution in [0.5, 0.6) is 0 Å². The maximum Gasteiger partial charge on any atom is 0.271 e. The van der Waals surface area contributed by atoms with Gasteiger partial charge in [-0.1, -0.05) is 41.9 Å². The van der Waals surface area contributed by atoms with Gasteiger partial charge in [-0.15, -0.1) is 0 Å². The Bertz CT molecular complexity index is 872. The van der Waals surface area contributed by atoms with E-state index in [1.807, 2.05) is 0 Å². The Morgan fingerprint density at radius 1 is 1.00 bits per heavy atom. The molecule has 0 unspecified atom stereocenters. The molecular formula is C17H12ClN3O3S. The first kappa shape index (κ1) is 17.1. The highest BCUT2D eigenvalue weighted by atomic mass is 35.5. The number of hydrogen-bond acceptors (Lipinski definition) is 4. The van der Waals surface area contributed by atoms with Gasteiger partial charge in [-0.25, -0.2) is 0 Å². The highest BCUT2D eigenvalue weighted by Crippen LogP contribution is 2.21. The summed E-state index contributed by atoms with van der Waals surface area (Å²) in [7, 11) is 0. The fourth-order valence-electron chi connectivity index (χ4n) is 2.35. The predicted octanol–water partition coefficient (Wildman–Crippen LogP) is 2.54. The molecular weight excluding hydrogens is 362 g/mol. The largest absolute Gasteiger partial charge is 0.273 e. The van der Waals surface area contributed by atoms with E-state index in [0.717, 1.165) is 5.01 Å². The number of nitrogens with zero attached hydrogens (tertiary/aromatic N) is 2. The molecule has 2 aromatic carbocycles. The predicted molar refractivity (Wildman–Crippen MR) is 96.9 cm³/mol. The van der Waals surface area contributed by atoms with Crippen LogP contribution in [-0.2, 0) is 9.59 Å². The quantitative estimate of drug-likeness (QED) is 0.663. The molecule has 1 heterocycles. The van der Waals surface area contributed by atoms with Crippen LogP contribution in [0, 0.1) is 0 Å². The number of carbonyl (C=O) groups is 3. The summed E-state index contributed by atoms with van der Waals surface area (Å²) in [4.78, 5) is 38.0. The zero-order chi connectivity index (χ0) is 18.0. The van der Waals surface area contributed by atoms with Crippen molar-refractivity contribution in [3.63, 3.8) is 0 Å². The molecule has 1 aliphatic heterocycles. The minimum atomic E-state index is -0.609. The van der Waals surface area contributed by atoms with Crippen molar-refractivity contribution in [2.75, 3.05) is 4.90 Å². The Morgan fingerprint density at radius 2 is 1.64 bits per heavy atom. The van der Waals surface area contributed by atoms with Crippen LogP contribution < -0.4 is 10.3 Å². The first-order valence-corrected chi connectivity index (χ1v) is 8.08. The van der Waals surface area contributed by atoms with Gasteiger partial charge in [0.15, 0.2) is 0 Å². The lowest BCUT2D eigenvalue weighted by Crippen LogP contribution is -2.61. The van der Waals surface area contributed by atoms with E-state index in [4.69, 9.17) is 23.8 Å². The zero-order valence-electron chi connectivity index (χ0n) is 12.8. The van der Waals surface area contributed by atoms with Crippen LogP contribution in [-0.4, -0.2) is 27.8 Å². The molecule has 3 amide bonds. The molecule has 0 saturated carbocycles. The Hall–Kier alpha value is -2.77. The summed E-state index contributed by atoms with van der Waals surface area (Å²) in [6.07, 6.45) is -0.405. The van der Waals surface area contributed by atoms with Crippen LogP contribution in [0.2, 0.25) is 5.02 Å². The minimum Gasteiger partial charge on any atom is -0.273 e. The highest BCUT2D eigenvalue weighted by molar-refractivity contribution is 7.80. The second kappa shape index (κ2) is 7.00. The normalized spacial score (nSPS) is 14.7. The molecule has 2 aromatic rings. The van der Waals surface area contributed by atoms with Gasteiger partial charge < -0.3 is 0 Å². The van der Waals surface area contributed by atoms with E-state index < -0.39 is 24.1 Å². The summed E-state index contributed by atoms with van der Waals surface area (Å²) in [5.41, 5.74) is 3.13. The first-order chi connectivity index (χ1) is 12.0. The lowest BCUT2D eigenvalue weighted by Gasteiger charge is -2.35. The second-order valence-electron chi connectivity index (χ2n) is 5.17. The first-order valence-electron chi connectivity index (χ1n) is 7.29. The number of halogens is 1. The molecule has 0 spiro atoms. The summed E-state index contributed by atoms with van der Waals surface area (Å²) in [6, 6.07) is 15.1. The maximum atomic E-state index is 12.4. The molecule has 0 radical (unpaired) electrons. The average molecular weight is 374 g/mol. The van der Waals surface area contributed by atoms with Crippen molar-refractivity contribution in [3.05, 3.63) is 65.2 Å². The van der Waals surface area contributed by atoms with Crippen LogP contribution in [0.3, 0.4) is 0 Å². The molecule has 1 aliphatic rings. The number of anilines is 1. The van der Waals surface area contributed by atoms with E-state index in [0.29, 0.717) is 5.69 Å². The third-order valence-corrected chi connectivity index (χ3v) is 4.22. The van der Waals surface area contributed by atoms with Gasteiger partial charge in [-0.2, -0.15) is 5.01 Å². The van der Waals surface area contributed by atoms with Gasteiger partial charge in [0, 0.05) is 0 Å². The number of hydrogen-bond donors (Lipinski definition) is 1. The molecule has 0 bridgehead atoms. The van der Waals surface area contributed by atoms with E-state index in [1.54, 1.807) is 48.5 Å². The van der Waals surface area contributed by atoms with Crippen LogP contribution in [0.25, 0.3) is 0 Å². The highest BCUT2D eigenvalue weighted by Gasteiger charge is 2.37. The molecule has 126 valence electrons. The fourth-order valence-corrected chi connectivity index (χ4v) is 2.93. The van der Waals surface area contributed by atoms with Crippen molar-refractivity contribution in [2.45, 2.75) is 6.42 Å². The smallest absolute Gasteiger partial charge is 0.271 e. The number of thiocarbonyl (C=S) groups is 1. The molecule has 3 rings (SSSR count). The molecule has 25 heavy (non-hydrogen) atoms. The zero-order valence-corrected chi connectivity index (χ0v) is 14.4. The maximum absolute atomic E-state index is 12.4. The lowest BCUT2D eigenvalue weighted by atomic mass is 10.2. The number of benzene rings is 2. The number of hydrazine groups is 1. The number of rotatable bonds is 3. The van der Waals surface area contributed by atoms with Crippen molar-refractivity contribution >= 4 is 52.3 Å². The average Bonchev–Trinajstić information content (AvgIpc) is 2.59. The SMILES string of the molecule is O=C(NN1C(=O)CC(=O)N(c2ccccc2)C1=S)c1ccccc1Cl. The lowest BCUT2D eigenvalue weighted by molar-refractivity contribution is -0.135. The monoisotopic (exact) mass is 373 g/mol. The summed E-state index contributed by atoms with van der Waals surface area (Å²) in [5.74, 6) is -1.66. The van der Waals surface area contributed by atoms with Gasteiger partial charge in [0.1, 0.15) is 6.42 Å². The van der Waals surface area contributed by atoms with Crippen LogP contribution in [0.15, 0.2) is 54.6 Å². The summed E-state index contributed by atoms with van der Waals surface area (Å²) >= 11 is 11.2. The number of amides is 3. The standard InChI is InChI=1S/C17H12ClN3O3S/c18-13-9-5-4-8-12(13)16(24)19-21-15(23)10-14(22)20(17(21)25)11-6-2-1-3-7-11/h1-9H,10H2,(H,19,24). The van der Waals surface area contributed by atoms with Crippen LogP contribution in [0.4, 0.5) is 5.69 Å². The molecule has 6 nitrogen and oxygen atoms in total. The van der Waals surface area contributed by atoms with Crippen molar-refractivity contribution in [1.29, 1.82) is 0 Å². The Morgan fingerprint density at radius 3 is 2.32 bits per heavy atom. The third-order valence-electron chi connectivity index (χ3n) is 3.53. The van der Waals surface area contributed by atoms with Crippen LogP contribution in [0.1, 0.15) is 16.8 Å². The van der Waals surface area contributed by atoms with Gasteiger partial charge in [0.2, 0.25) is 11.0 Å². The molecule has 0 aromatic heterocycles. The molecule has 0 atom stereocenters.